The number of carbonyl (C=O) groups excluding carboxylic acids is 2. The minimum Gasteiger partial charge on any atom is -0.451 e. The fourth-order valence-corrected chi connectivity index (χ4v) is 2.57. The van der Waals surface area contributed by atoms with Crippen molar-refractivity contribution >= 4 is 22.8 Å². The molecule has 7 nitrogen and oxygen atoms in total. The minimum absolute atomic E-state index is 0.121. The summed E-state index contributed by atoms with van der Waals surface area (Å²) in [5.74, 6) is -0.358. The average molecular weight is 365 g/mol. The Kier molecular flexibility index (Phi) is 5.30. The first-order valence-electron chi connectivity index (χ1n) is 8.47. The van der Waals surface area contributed by atoms with Crippen LogP contribution in [0, 0.1) is 0 Å². The van der Waals surface area contributed by atoms with Crippen LogP contribution in [0.1, 0.15) is 41.7 Å². The molecule has 0 fully saturated rings. The van der Waals surface area contributed by atoms with Crippen molar-refractivity contribution in [2.75, 3.05) is 0 Å². The number of amides is 1. The van der Waals surface area contributed by atoms with Gasteiger partial charge in [-0.2, -0.15) is 0 Å². The maximum atomic E-state index is 12.3. The molecule has 27 heavy (non-hydrogen) atoms. The second-order valence-corrected chi connectivity index (χ2v) is 6.12. The second kappa shape index (κ2) is 7.82. The highest BCUT2D eigenvalue weighted by Gasteiger charge is 2.17. The smallest absolute Gasteiger partial charge is 0.338 e. The summed E-state index contributed by atoms with van der Waals surface area (Å²) in [5.41, 5.74) is 1.51. The molecule has 0 bridgehead atoms. The van der Waals surface area contributed by atoms with E-state index in [1.54, 1.807) is 55.5 Å². The van der Waals surface area contributed by atoms with Crippen molar-refractivity contribution in [3.05, 3.63) is 75.8 Å². The minimum atomic E-state index is -0.714. The first-order valence-corrected chi connectivity index (χ1v) is 8.47. The zero-order chi connectivity index (χ0) is 19.4. The van der Waals surface area contributed by atoms with Crippen LogP contribution in [0.3, 0.4) is 0 Å². The fourth-order valence-electron chi connectivity index (χ4n) is 2.57. The Morgan fingerprint density at radius 3 is 2.56 bits per heavy atom. The van der Waals surface area contributed by atoms with Crippen LogP contribution >= 0.6 is 0 Å². The maximum Gasteiger partial charge on any atom is 0.338 e. The summed E-state index contributed by atoms with van der Waals surface area (Å²) in [7, 11) is 0. The van der Waals surface area contributed by atoms with Crippen LogP contribution in [0.2, 0.25) is 0 Å². The number of rotatable bonds is 5. The normalized spacial score (nSPS) is 11.8. The van der Waals surface area contributed by atoms with Crippen LogP contribution in [-0.4, -0.2) is 21.8 Å². The maximum absolute atomic E-state index is 12.3. The first kappa shape index (κ1) is 18.3. The molecule has 0 aliphatic carbocycles. The van der Waals surface area contributed by atoms with Crippen molar-refractivity contribution in [1.29, 1.82) is 0 Å². The number of benzene rings is 2. The van der Waals surface area contributed by atoms with Crippen LogP contribution in [0.25, 0.3) is 10.9 Å². The van der Waals surface area contributed by atoms with Gasteiger partial charge in [-0.3, -0.25) is 9.59 Å². The molecule has 0 aliphatic rings. The predicted molar refractivity (Wildman–Crippen MR) is 100 cm³/mol. The molecule has 7 heteroatoms. The van der Waals surface area contributed by atoms with Crippen molar-refractivity contribution in [3.63, 3.8) is 0 Å². The molecule has 0 aliphatic heterocycles. The SMILES string of the molecule is CC(=O)NCc1ccc(C(=O)OC(C)c2nc3ccccc3c(=O)[nH]2)cc1. The molecule has 2 N–H and O–H groups in total. The van der Waals surface area contributed by atoms with Gasteiger partial charge >= 0.3 is 5.97 Å². The van der Waals surface area contributed by atoms with E-state index in [1.165, 1.54) is 6.92 Å². The number of fused-ring (bicyclic) bond motifs is 1. The number of aromatic amines is 1. The van der Waals surface area contributed by atoms with Gasteiger partial charge in [-0.05, 0) is 36.8 Å². The van der Waals surface area contributed by atoms with E-state index in [0.29, 0.717) is 23.0 Å². The lowest BCUT2D eigenvalue weighted by Gasteiger charge is -2.13. The van der Waals surface area contributed by atoms with Crippen LogP contribution in [0.4, 0.5) is 0 Å². The van der Waals surface area contributed by atoms with Gasteiger partial charge in [-0.1, -0.05) is 24.3 Å². The molecule has 3 rings (SSSR count). The van der Waals surface area contributed by atoms with Crippen LogP contribution < -0.4 is 10.9 Å². The summed E-state index contributed by atoms with van der Waals surface area (Å²) in [4.78, 5) is 42.4. The Morgan fingerprint density at radius 2 is 1.85 bits per heavy atom. The zero-order valence-corrected chi connectivity index (χ0v) is 15.0. The lowest BCUT2D eigenvalue weighted by Crippen LogP contribution is -2.19. The molecule has 1 amide bonds. The molecule has 1 heterocycles. The lowest BCUT2D eigenvalue weighted by molar-refractivity contribution is -0.119. The Labute approximate surface area is 155 Å². The molecule has 1 unspecified atom stereocenters. The van der Waals surface area contributed by atoms with Crippen molar-refractivity contribution < 1.29 is 14.3 Å². The second-order valence-electron chi connectivity index (χ2n) is 6.12. The molecule has 1 atom stereocenters. The van der Waals surface area contributed by atoms with Crippen LogP contribution in [-0.2, 0) is 16.1 Å². The van der Waals surface area contributed by atoms with Gasteiger partial charge in [0, 0.05) is 13.5 Å². The largest absolute Gasteiger partial charge is 0.451 e. The summed E-state index contributed by atoms with van der Waals surface area (Å²) in [6.45, 7) is 3.48. The highest BCUT2D eigenvalue weighted by atomic mass is 16.5. The van der Waals surface area contributed by atoms with E-state index < -0.39 is 12.1 Å². The number of hydrogen-bond acceptors (Lipinski definition) is 5. The van der Waals surface area contributed by atoms with Gasteiger partial charge in [0.25, 0.3) is 5.56 Å². The number of H-pyrrole nitrogens is 1. The van der Waals surface area contributed by atoms with E-state index >= 15 is 0 Å². The molecule has 138 valence electrons. The van der Waals surface area contributed by atoms with Crippen molar-refractivity contribution in [2.45, 2.75) is 26.5 Å². The van der Waals surface area contributed by atoms with Gasteiger partial charge in [-0.25, -0.2) is 9.78 Å². The predicted octanol–water partition coefficient (Wildman–Crippen LogP) is 2.48. The number of ether oxygens (including phenoxy) is 1. The third-order valence-corrected chi connectivity index (χ3v) is 4.03. The quantitative estimate of drug-likeness (QED) is 0.677. The van der Waals surface area contributed by atoms with Crippen LogP contribution in [0.5, 0.6) is 0 Å². The van der Waals surface area contributed by atoms with E-state index in [0.717, 1.165) is 5.56 Å². The average Bonchev–Trinajstić information content (AvgIpc) is 2.66. The molecular formula is C20H19N3O4. The molecule has 0 saturated heterocycles. The molecule has 1 aromatic heterocycles. The summed E-state index contributed by atoms with van der Waals surface area (Å²) < 4.78 is 5.42. The molecule has 0 radical (unpaired) electrons. The Morgan fingerprint density at radius 1 is 1.15 bits per heavy atom. The standard InChI is InChI=1S/C20H19N3O4/c1-12(18-22-17-6-4-3-5-16(17)19(25)23-18)27-20(26)15-9-7-14(8-10-15)11-21-13(2)24/h3-10,12H,11H2,1-2H3,(H,21,24)(H,22,23,25). The monoisotopic (exact) mass is 365 g/mol. The van der Waals surface area contributed by atoms with Gasteiger partial charge in [-0.15, -0.1) is 0 Å². The number of aromatic nitrogens is 2. The number of esters is 1. The molecule has 3 aromatic rings. The van der Waals surface area contributed by atoms with E-state index in [1.807, 2.05) is 0 Å². The lowest BCUT2D eigenvalue weighted by atomic mass is 10.1. The summed E-state index contributed by atoms with van der Waals surface area (Å²) in [5, 5.41) is 3.17. The number of hydrogen-bond donors (Lipinski definition) is 2. The fraction of sp³-hybridized carbons (Fsp3) is 0.200. The van der Waals surface area contributed by atoms with E-state index in [2.05, 4.69) is 15.3 Å². The third-order valence-electron chi connectivity index (χ3n) is 4.03. The number of carbonyl (C=O) groups is 2. The summed E-state index contributed by atoms with van der Waals surface area (Å²) >= 11 is 0. The Balaban J connectivity index is 1.72. The van der Waals surface area contributed by atoms with Gasteiger partial charge in [0.2, 0.25) is 5.91 Å². The van der Waals surface area contributed by atoms with Crippen LogP contribution in [0.15, 0.2) is 53.3 Å². The topological polar surface area (TPSA) is 101 Å². The summed E-state index contributed by atoms with van der Waals surface area (Å²) in [6.07, 6.45) is -0.714. The van der Waals surface area contributed by atoms with E-state index in [4.69, 9.17) is 4.74 Å². The van der Waals surface area contributed by atoms with Crippen molar-refractivity contribution in [2.24, 2.45) is 0 Å². The number of nitrogens with one attached hydrogen (secondary N) is 2. The molecular weight excluding hydrogens is 346 g/mol. The molecule has 0 saturated carbocycles. The van der Waals surface area contributed by atoms with Gasteiger partial charge in [0.15, 0.2) is 11.9 Å². The number of para-hydroxylation sites is 1. The highest BCUT2D eigenvalue weighted by Crippen LogP contribution is 2.17. The zero-order valence-electron chi connectivity index (χ0n) is 15.0. The van der Waals surface area contributed by atoms with Gasteiger partial charge in [0.1, 0.15) is 0 Å². The van der Waals surface area contributed by atoms with Gasteiger partial charge in [0.05, 0.1) is 16.5 Å². The highest BCUT2D eigenvalue weighted by molar-refractivity contribution is 5.89. The van der Waals surface area contributed by atoms with E-state index in [9.17, 15) is 14.4 Å². The Hall–Kier alpha value is -3.48. The third kappa shape index (κ3) is 4.38. The van der Waals surface area contributed by atoms with Gasteiger partial charge < -0.3 is 15.0 Å². The molecule has 0 spiro atoms. The number of nitrogens with zero attached hydrogens (tertiary/aromatic N) is 1. The van der Waals surface area contributed by atoms with E-state index in [-0.39, 0.29) is 17.3 Å². The summed E-state index contributed by atoms with van der Waals surface area (Å²) in [6, 6.07) is 13.7. The van der Waals surface area contributed by atoms with Crippen molar-refractivity contribution in [1.82, 2.24) is 15.3 Å². The Bertz CT molecular complexity index is 1040. The van der Waals surface area contributed by atoms with Crippen molar-refractivity contribution in [3.8, 4) is 0 Å². The molecule has 2 aromatic carbocycles. The first-order chi connectivity index (χ1) is 12.9.